The van der Waals surface area contributed by atoms with Gasteiger partial charge in [0.1, 0.15) is 5.69 Å². The topological polar surface area (TPSA) is 82.2 Å². The van der Waals surface area contributed by atoms with Gasteiger partial charge in [-0.3, -0.25) is 9.48 Å². The summed E-state index contributed by atoms with van der Waals surface area (Å²) in [5.74, 6) is -0.190. The number of anilines is 1. The number of nitrogen functional groups attached to an aromatic ring is 1. The largest absolute Gasteiger partial charge is 0.396 e. The van der Waals surface area contributed by atoms with E-state index in [1.165, 1.54) is 6.20 Å². The summed E-state index contributed by atoms with van der Waals surface area (Å²) in [6.45, 7) is 5.09. The Labute approximate surface area is 101 Å². The van der Waals surface area contributed by atoms with Crippen molar-refractivity contribution in [1.82, 2.24) is 15.1 Å². The third kappa shape index (κ3) is 3.45. The van der Waals surface area contributed by atoms with Crippen molar-refractivity contribution >= 4 is 11.6 Å². The highest BCUT2D eigenvalue weighted by atomic mass is 16.5. The summed E-state index contributed by atoms with van der Waals surface area (Å²) in [6, 6.07) is 0.104. The number of carbonyl (C=O) groups excluding carboxylic acids is 1. The molecule has 1 heterocycles. The van der Waals surface area contributed by atoms with Crippen molar-refractivity contribution in [3.8, 4) is 0 Å². The van der Waals surface area contributed by atoms with Gasteiger partial charge in [-0.2, -0.15) is 5.10 Å². The summed E-state index contributed by atoms with van der Waals surface area (Å²) in [4.78, 5) is 11.9. The van der Waals surface area contributed by atoms with Crippen LogP contribution in [0.1, 0.15) is 36.8 Å². The van der Waals surface area contributed by atoms with Crippen molar-refractivity contribution in [2.24, 2.45) is 0 Å². The number of rotatable bonds is 6. The molecule has 1 amide bonds. The molecule has 0 spiro atoms. The van der Waals surface area contributed by atoms with Crippen LogP contribution in [0.4, 0.5) is 5.69 Å². The number of hydrogen-bond donors (Lipinski definition) is 2. The van der Waals surface area contributed by atoms with Gasteiger partial charge in [0.2, 0.25) is 0 Å². The van der Waals surface area contributed by atoms with Crippen LogP contribution in [0.2, 0.25) is 0 Å². The normalized spacial score (nSPS) is 10.8. The molecule has 0 saturated heterocycles. The fourth-order valence-corrected chi connectivity index (χ4v) is 1.50. The third-order valence-electron chi connectivity index (χ3n) is 2.34. The Morgan fingerprint density at radius 1 is 1.65 bits per heavy atom. The molecule has 0 radical (unpaired) electrons. The molecule has 0 aliphatic heterocycles. The van der Waals surface area contributed by atoms with Gasteiger partial charge in [0, 0.05) is 26.3 Å². The number of nitrogens with zero attached hydrogens (tertiary/aromatic N) is 2. The number of nitrogens with two attached hydrogens (primary N) is 1. The maximum Gasteiger partial charge on any atom is 0.271 e. The number of amides is 1. The number of carbonyl (C=O) groups is 1. The van der Waals surface area contributed by atoms with Crippen LogP contribution in [0.15, 0.2) is 6.20 Å². The predicted octanol–water partition coefficient (Wildman–Crippen LogP) is 0.812. The first-order chi connectivity index (χ1) is 8.07. The summed E-state index contributed by atoms with van der Waals surface area (Å²) in [5, 5.41) is 6.88. The van der Waals surface area contributed by atoms with Crippen molar-refractivity contribution in [3.63, 3.8) is 0 Å². The molecule has 0 aliphatic rings. The summed E-state index contributed by atoms with van der Waals surface area (Å²) in [6.07, 6.45) is 2.28. The SMILES string of the molecule is COCCCNC(=O)c1c(N)cnn1C(C)C. The summed E-state index contributed by atoms with van der Waals surface area (Å²) < 4.78 is 6.53. The van der Waals surface area contributed by atoms with Crippen LogP contribution >= 0.6 is 0 Å². The lowest BCUT2D eigenvalue weighted by atomic mass is 10.3. The van der Waals surface area contributed by atoms with E-state index < -0.39 is 0 Å². The van der Waals surface area contributed by atoms with Crippen LogP contribution < -0.4 is 11.1 Å². The Morgan fingerprint density at radius 3 is 2.94 bits per heavy atom. The third-order valence-corrected chi connectivity index (χ3v) is 2.34. The molecular weight excluding hydrogens is 220 g/mol. The number of ether oxygens (including phenoxy) is 1. The number of methoxy groups -OCH3 is 1. The molecule has 1 aromatic rings. The van der Waals surface area contributed by atoms with E-state index in [9.17, 15) is 4.79 Å². The lowest BCUT2D eigenvalue weighted by Gasteiger charge is -2.11. The predicted molar refractivity (Wildman–Crippen MR) is 65.9 cm³/mol. The van der Waals surface area contributed by atoms with E-state index in [0.29, 0.717) is 24.5 Å². The minimum absolute atomic E-state index is 0.104. The molecule has 96 valence electrons. The smallest absolute Gasteiger partial charge is 0.271 e. The van der Waals surface area contributed by atoms with Gasteiger partial charge in [-0.25, -0.2) is 0 Å². The molecule has 0 atom stereocenters. The quantitative estimate of drug-likeness (QED) is 0.721. The van der Waals surface area contributed by atoms with E-state index in [1.807, 2.05) is 13.8 Å². The van der Waals surface area contributed by atoms with Gasteiger partial charge in [0.25, 0.3) is 5.91 Å². The average molecular weight is 240 g/mol. The number of aromatic nitrogens is 2. The fraction of sp³-hybridized carbons (Fsp3) is 0.636. The molecule has 0 fully saturated rings. The average Bonchev–Trinajstić information content (AvgIpc) is 2.66. The summed E-state index contributed by atoms with van der Waals surface area (Å²) in [7, 11) is 1.63. The van der Waals surface area contributed by atoms with Crippen molar-refractivity contribution in [1.29, 1.82) is 0 Å². The van der Waals surface area contributed by atoms with Crippen molar-refractivity contribution in [2.45, 2.75) is 26.3 Å². The number of hydrogen-bond acceptors (Lipinski definition) is 4. The van der Waals surface area contributed by atoms with Gasteiger partial charge in [0.05, 0.1) is 11.9 Å². The maximum absolute atomic E-state index is 11.9. The Morgan fingerprint density at radius 2 is 2.35 bits per heavy atom. The molecule has 0 bridgehead atoms. The molecule has 3 N–H and O–H groups in total. The van der Waals surface area contributed by atoms with Crippen molar-refractivity contribution in [2.75, 3.05) is 26.0 Å². The zero-order valence-corrected chi connectivity index (χ0v) is 10.6. The van der Waals surface area contributed by atoms with Crippen molar-refractivity contribution < 1.29 is 9.53 Å². The first-order valence-electron chi connectivity index (χ1n) is 5.68. The maximum atomic E-state index is 11.9. The second kappa shape index (κ2) is 6.24. The Kier molecular flexibility index (Phi) is 4.96. The van der Waals surface area contributed by atoms with Crippen LogP contribution in [-0.2, 0) is 4.74 Å². The molecule has 0 unspecified atom stereocenters. The minimum Gasteiger partial charge on any atom is -0.396 e. The molecule has 0 aliphatic carbocycles. The molecule has 17 heavy (non-hydrogen) atoms. The van der Waals surface area contributed by atoms with E-state index >= 15 is 0 Å². The van der Waals surface area contributed by atoms with Crippen LogP contribution in [-0.4, -0.2) is 35.9 Å². The highest BCUT2D eigenvalue weighted by Gasteiger charge is 2.17. The first-order valence-corrected chi connectivity index (χ1v) is 5.68. The zero-order valence-electron chi connectivity index (χ0n) is 10.6. The fourth-order valence-electron chi connectivity index (χ4n) is 1.50. The summed E-state index contributed by atoms with van der Waals surface area (Å²) >= 11 is 0. The van der Waals surface area contributed by atoms with Gasteiger partial charge >= 0.3 is 0 Å². The monoisotopic (exact) mass is 240 g/mol. The summed E-state index contributed by atoms with van der Waals surface area (Å²) in [5.41, 5.74) is 6.58. The van der Waals surface area contributed by atoms with Crippen molar-refractivity contribution in [3.05, 3.63) is 11.9 Å². The molecule has 6 heteroatoms. The minimum atomic E-state index is -0.190. The second-order valence-corrected chi connectivity index (χ2v) is 4.09. The van der Waals surface area contributed by atoms with Crippen LogP contribution in [0.5, 0.6) is 0 Å². The molecule has 6 nitrogen and oxygen atoms in total. The first kappa shape index (κ1) is 13.5. The standard InChI is InChI=1S/C11H20N4O2/c1-8(2)15-10(9(12)7-14-15)11(16)13-5-4-6-17-3/h7-8H,4-6,12H2,1-3H3,(H,13,16). The molecular formula is C11H20N4O2. The van der Waals surface area contributed by atoms with E-state index in [2.05, 4.69) is 10.4 Å². The van der Waals surface area contributed by atoms with Crippen LogP contribution in [0, 0.1) is 0 Å². The molecule has 0 saturated carbocycles. The van der Waals surface area contributed by atoms with E-state index in [1.54, 1.807) is 11.8 Å². The highest BCUT2D eigenvalue weighted by Crippen LogP contribution is 2.15. The lowest BCUT2D eigenvalue weighted by molar-refractivity contribution is 0.0937. The molecule has 1 rings (SSSR count). The van der Waals surface area contributed by atoms with Crippen LogP contribution in [0.25, 0.3) is 0 Å². The van der Waals surface area contributed by atoms with Gasteiger partial charge in [-0.05, 0) is 20.3 Å². The second-order valence-electron chi connectivity index (χ2n) is 4.09. The highest BCUT2D eigenvalue weighted by molar-refractivity contribution is 5.97. The van der Waals surface area contributed by atoms with Gasteiger partial charge < -0.3 is 15.8 Å². The Bertz CT molecular complexity index is 374. The molecule has 1 aromatic heterocycles. The number of nitrogens with one attached hydrogen (secondary N) is 1. The Hall–Kier alpha value is -1.56. The lowest BCUT2D eigenvalue weighted by Crippen LogP contribution is -2.29. The van der Waals surface area contributed by atoms with E-state index in [-0.39, 0.29) is 11.9 Å². The van der Waals surface area contributed by atoms with Gasteiger partial charge in [-0.1, -0.05) is 0 Å². The van der Waals surface area contributed by atoms with E-state index in [0.717, 1.165) is 6.42 Å². The van der Waals surface area contributed by atoms with E-state index in [4.69, 9.17) is 10.5 Å². The Balaban J connectivity index is 2.65. The van der Waals surface area contributed by atoms with Gasteiger partial charge in [-0.15, -0.1) is 0 Å². The zero-order chi connectivity index (χ0) is 12.8. The molecule has 0 aromatic carbocycles. The van der Waals surface area contributed by atoms with Gasteiger partial charge in [0.15, 0.2) is 0 Å². The van der Waals surface area contributed by atoms with Crippen LogP contribution in [0.3, 0.4) is 0 Å².